The molecule has 0 fully saturated rings. The number of benzene rings is 1. The van der Waals surface area contributed by atoms with E-state index in [1.165, 1.54) is 0 Å². The summed E-state index contributed by atoms with van der Waals surface area (Å²) in [4.78, 5) is 0. The molecule has 2 N–H and O–H groups in total. The highest BCUT2D eigenvalue weighted by Crippen LogP contribution is 2.19. The predicted molar refractivity (Wildman–Crippen MR) is 68.1 cm³/mol. The predicted octanol–water partition coefficient (Wildman–Crippen LogP) is 2.67. The molecule has 0 bridgehead atoms. The zero-order valence-corrected chi connectivity index (χ0v) is 10.4. The molecule has 0 amide bonds. The van der Waals surface area contributed by atoms with E-state index in [4.69, 9.17) is 9.84 Å². The molecule has 3 nitrogen and oxygen atoms in total. The van der Waals surface area contributed by atoms with Gasteiger partial charge in [0.15, 0.2) is 0 Å². The molecule has 1 aromatic carbocycles. The van der Waals surface area contributed by atoms with Crippen molar-refractivity contribution in [2.75, 3.05) is 13.2 Å². The van der Waals surface area contributed by atoms with Gasteiger partial charge < -0.3 is 14.9 Å². The van der Waals surface area contributed by atoms with E-state index in [1.54, 1.807) is 0 Å². The van der Waals surface area contributed by atoms with Gasteiger partial charge in [-0.25, -0.2) is 0 Å². The van der Waals surface area contributed by atoms with Gasteiger partial charge in [-0.15, -0.1) is 0 Å². The van der Waals surface area contributed by atoms with E-state index in [0.29, 0.717) is 6.61 Å². The smallest absolute Gasteiger partial charge is 0.119 e. The molecule has 96 valence electrons. The van der Waals surface area contributed by atoms with Crippen LogP contribution in [0.5, 0.6) is 5.75 Å². The number of unbranched alkanes of at least 4 members (excludes halogenated alkanes) is 2. The third-order valence-electron chi connectivity index (χ3n) is 2.72. The standard InChI is InChI=1S/C14H22O3/c1-2-14(16)12-6-8-13(9-7-12)17-11-5-3-4-10-15/h6-9,14-16H,2-5,10-11H2,1H3. The minimum atomic E-state index is -0.381. The van der Waals surface area contributed by atoms with Gasteiger partial charge in [0.05, 0.1) is 12.7 Å². The molecule has 0 aliphatic heterocycles. The molecular weight excluding hydrogens is 216 g/mol. The third-order valence-corrected chi connectivity index (χ3v) is 2.72. The molecule has 0 saturated heterocycles. The average molecular weight is 238 g/mol. The fourth-order valence-electron chi connectivity index (χ4n) is 1.60. The Balaban J connectivity index is 2.30. The Morgan fingerprint density at radius 2 is 1.82 bits per heavy atom. The number of aliphatic hydroxyl groups excluding tert-OH is 2. The molecule has 1 unspecified atom stereocenters. The summed E-state index contributed by atoms with van der Waals surface area (Å²) in [7, 11) is 0. The average Bonchev–Trinajstić information content (AvgIpc) is 2.38. The maximum atomic E-state index is 9.63. The molecule has 0 radical (unpaired) electrons. The summed E-state index contributed by atoms with van der Waals surface area (Å²) in [5, 5.41) is 18.3. The first kappa shape index (κ1) is 14.0. The quantitative estimate of drug-likeness (QED) is 0.685. The van der Waals surface area contributed by atoms with E-state index in [1.807, 2.05) is 31.2 Å². The van der Waals surface area contributed by atoms with Crippen LogP contribution in [0.15, 0.2) is 24.3 Å². The first-order valence-corrected chi connectivity index (χ1v) is 6.29. The monoisotopic (exact) mass is 238 g/mol. The molecule has 3 heteroatoms. The molecule has 0 saturated carbocycles. The second-order valence-corrected chi connectivity index (χ2v) is 4.13. The minimum absolute atomic E-state index is 0.254. The molecule has 0 aromatic heterocycles. The van der Waals surface area contributed by atoms with Crippen LogP contribution >= 0.6 is 0 Å². The summed E-state index contributed by atoms with van der Waals surface area (Å²) in [5.74, 6) is 0.834. The molecule has 1 aromatic rings. The third kappa shape index (κ3) is 5.20. The highest BCUT2D eigenvalue weighted by Gasteiger charge is 2.04. The molecular formula is C14H22O3. The van der Waals surface area contributed by atoms with Crippen molar-refractivity contribution in [3.8, 4) is 5.75 Å². The maximum Gasteiger partial charge on any atom is 0.119 e. The molecule has 17 heavy (non-hydrogen) atoms. The van der Waals surface area contributed by atoms with E-state index in [2.05, 4.69) is 0 Å². The van der Waals surface area contributed by atoms with Gasteiger partial charge in [0.25, 0.3) is 0 Å². The number of hydrogen-bond acceptors (Lipinski definition) is 3. The van der Waals surface area contributed by atoms with Gasteiger partial charge in [-0.05, 0) is 43.4 Å². The van der Waals surface area contributed by atoms with Crippen LogP contribution in [0.1, 0.15) is 44.3 Å². The van der Waals surface area contributed by atoms with Crippen LogP contribution in [0.4, 0.5) is 0 Å². The summed E-state index contributed by atoms with van der Waals surface area (Å²) >= 11 is 0. The number of rotatable bonds is 8. The zero-order chi connectivity index (χ0) is 12.5. The van der Waals surface area contributed by atoms with Crippen molar-refractivity contribution < 1.29 is 14.9 Å². The van der Waals surface area contributed by atoms with E-state index < -0.39 is 0 Å². The lowest BCUT2D eigenvalue weighted by molar-refractivity contribution is 0.173. The molecule has 1 rings (SSSR count). The van der Waals surface area contributed by atoms with Gasteiger partial charge in [-0.2, -0.15) is 0 Å². The Morgan fingerprint density at radius 3 is 2.41 bits per heavy atom. The van der Waals surface area contributed by atoms with Gasteiger partial charge >= 0.3 is 0 Å². The Morgan fingerprint density at radius 1 is 1.12 bits per heavy atom. The van der Waals surface area contributed by atoms with Crippen molar-refractivity contribution in [3.63, 3.8) is 0 Å². The van der Waals surface area contributed by atoms with Crippen molar-refractivity contribution in [1.82, 2.24) is 0 Å². The van der Waals surface area contributed by atoms with Crippen LogP contribution in [-0.4, -0.2) is 23.4 Å². The second kappa shape index (κ2) is 8.09. The largest absolute Gasteiger partial charge is 0.494 e. The van der Waals surface area contributed by atoms with Crippen molar-refractivity contribution in [2.45, 2.75) is 38.7 Å². The molecule has 0 aliphatic rings. The molecule has 0 spiro atoms. The minimum Gasteiger partial charge on any atom is -0.494 e. The molecule has 0 heterocycles. The first-order valence-electron chi connectivity index (χ1n) is 6.29. The van der Waals surface area contributed by atoms with Crippen molar-refractivity contribution in [1.29, 1.82) is 0 Å². The summed E-state index contributed by atoms with van der Waals surface area (Å²) in [6, 6.07) is 7.58. The highest BCUT2D eigenvalue weighted by atomic mass is 16.5. The van der Waals surface area contributed by atoms with Crippen molar-refractivity contribution in [2.24, 2.45) is 0 Å². The zero-order valence-electron chi connectivity index (χ0n) is 10.4. The SMILES string of the molecule is CCC(O)c1ccc(OCCCCCO)cc1. The summed E-state index contributed by atoms with van der Waals surface area (Å²) in [6.07, 6.45) is 3.13. The summed E-state index contributed by atoms with van der Waals surface area (Å²) < 4.78 is 5.56. The Labute approximate surface area is 103 Å². The van der Waals surface area contributed by atoms with Crippen LogP contribution in [0, 0.1) is 0 Å². The Bertz CT molecular complexity index is 295. The van der Waals surface area contributed by atoms with E-state index in [0.717, 1.165) is 37.0 Å². The van der Waals surface area contributed by atoms with Crippen molar-refractivity contribution >= 4 is 0 Å². The lowest BCUT2D eigenvalue weighted by Crippen LogP contribution is -1.99. The highest BCUT2D eigenvalue weighted by molar-refractivity contribution is 5.28. The first-order chi connectivity index (χ1) is 8.27. The number of aliphatic hydroxyl groups is 2. The van der Waals surface area contributed by atoms with Crippen LogP contribution in [-0.2, 0) is 0 Å². The van der Waals surface area contributed by atoms with Gasteiger partial charge in [-0.3, -0.25) is 0 Å². The Kier molecular flexibility index (Phi) is 6.67. The lowest BCUT2D eigenvalue weighted by Gasteiger charge is -2.10. The van der Waals surface area contributed by atoms with Crippen LogP contribution in [0.2, 0.25) is 0 Å². The van der Waals surface area contributed by atoms with Crippen LogP contribution in [0.3, 0.4) is 0 Å². The topological polar surface area (TPSA) is 49.7 Å². The van der Waals surface area contributed by atoms with E-state index in [9.17, 15) is 5.11 Å². The number of hydrogen-bond donors (Lipinski definition) is 2. The van der Waals surface area contributed by atoms with Gasteiger partial charge in [-0.1, -0.05) is 19.1 Å². The van der Waals surface area contributed by atoms with Crippen LogP contribution < -0.4 is 4.74 Å². The molecule has 1 atom stereocenters. The number of ether oxygens (including phenoxy) is 1. The maximum absolute atomic E-state index is 9.63. The Hall–Kier alpha value is -1.06. The van der Waals surface area contributed by atoms with Crippen molar-refractivity contribution in [3.05, 3.63) is 29.8 Å². The van der Waals surface area contributed by atoms with Gasteiger partial charge in [0, 0.05) is 6.61 Å². The van der Waals surface area contributed by atoms with Gasteiger partial charge in [0.2, 0.25) is 0 Å². The fraction of sp³-hybridized carbons (Fsp3) is 0.571. The van der Waals surface area contributed by atoms with Crippen LogP contribution in [0.25, 0.3) is 0 Å². The van der Waals surface area contributed by atoms with Gasteiger partial charge in [0.1, 0.15) is 5.75 Å². The molecule has 0 aliphatic carbocycles. The normalized spacial score (nSPS) is 12.4. The fourth-order valence-corrected chi connectivity index (χ4v) is 1.60. The second-order valence-electron chi connectivity index (χ2n) is 4.13. The van der Waals surface area contributed by atoms with E-state index in [-0.39, 0.29) is 12.7 Å². The lowest BCUT2D eigenvalue weighted by atomic mass is 10.1. The van der Waals surface area contributed by atoms with E-state index >= 15 is 0 Å². The summed E-state index contributed by atoms with van der Waals surface area (Å²) in [6.45, 7) is 2.88. The summed E-state index contributed by atoms with van der Waals surface area (Å²) in [5.41, 5.74) is 0.931.